The second-order valence-corrected chi connectivity index (χ2v) is 4.85. The molecule has 0 aliphatic heterocycles. The minimum Gasteiger partial charge on any atom is -0.496 e. The Hall–Kier alpha value is -2.13. The van der Waals surface area contributed by atoms with Crippen molar-refractivity contribution in [3.8, 4) is 5.75 Å². The maximum Gasteiger partial charge on any atom is 0.150 e. The average molecular weight is 269 g/mol. The second kappa shape index (κ2) is 6.87. The van der Waals surface area contributed by atoms with E-state index in [4.69, 9.17) is 4.74 Å². The van der Waals surface area contributed by atoms with Gasteiger partial charge < -0.3 is 4.74 Å². The molecule has 0 radical (unpaired) electrons. The number of carbonyl (C=O) groups is 1. The SMILES string of the molecule is COc1ccc(C=O)cc1CN(C)Cc1ccccc1. The number of hydrogen-bond acceptors (Lipinski definition) is 3. The van der Waals surface area contributed by atoms with Crippen LogP contribution in [0, 0.1) is 0 Å². The monoisotopic (exact) mass is 269 g/mol. The molecule has 2 rings (SSSR count). The molecule has 104 valence electrons. The fraction of sp³-hybridized carbons (Fsp3) is 0.235. The van der Waals surface area contributed by atoms with Crippen LogP contribution in [0.25, 0.3) is 0 Å². The molecule has 3 nitrogen and oxygen atoms in total. The third kappa shape index (κ3) is 3.68. The van der Waals surface area contributed by atoms with Crippen LogP contribution in [0.4, 0.5) is 0 Å². The van der Waals surface area contributed by atoms with E-state index < -0.39 is 0 Å². The highest BCUT2D eigenvalue weighted by atomic mass is 16.5. The Morgan fingerprint density at radius 3 is 2.50 bits per heavy atom. The van der Waals surface area contributed by atoms with Crippen molar-refractivity contribution in [2.75, 3.05) is 14.2 Å². The predicted octanol–water partition coefficient (Wildman–Crippen LogP) is 3.14. The van der Waals surface area contributed by atoms with Gasteiger partial charge in [-0.05, 0) is 30.8 Å². The zero-order chi connectivity index (χ0) is 14.4. The van der Waals surface area contributed by atoms with E-state index in [-0.39, 0.29) is 0 Å². The van der Waals surface area contributed by atoms with Crippen LogP contribution in [-0.4, -0.2) is 25.3 Å². The lowest BCUT2D eigenvalue weighted by molar-refractivity contribution is 0.112. The van der Waals surface area contributed by atoms with Crippen molar-refractivity contribution in [3.05, 3.63) is 65.2 Å². The molecule has 0 fully saturated rings. The number of aldehydes is 1. The molecule has 0 saturated carbocycles. The first kappa shape index (κ1) is 14.3. The lowest BCUT2D eigenvalue weighted by Crippen LogP contribution is -2.17. The Bertz CT molecular complexity index is 566. The van der Waals surface area contributed by atoms with Crippen molar-refractivity contribution in [1.82, 2.24) is 4.90 Å². The summed E-state index contributed by atoms with van der Waals surface area (Å²) in [6.45, 7) is 1.59. The third-order valence-corrected chi connectivity index (χ3v) is 3.18. The summed E-state index contributed by atoms with van der Waals surface area (Å²) in [7, 11) is 3.70. The highest BCUT2D eigenvalue weighted by molar-refractivity contribution is 5.75. The normalized spacial score (nSPS) is 10.6. The van der Waals surface area contributed by atoms with Crippen molar-refractivity contribution in [2.24, 2.45) is 0 Å². The summed E-state index contributed by atoms with van der Waals surface area (Å²) in [5, 5.41) is 0. The molecule has 2 aromatic carbocycles. The van der Waals surface area contributed by atoms with Gasteiger partial charge in [-0.25, -0.2) is 0 Å². The van der Waals surface area contributed by atoms with Crippen LogP contribution < -0.4 is 4.74 Å². The first-order chi connectivity index (χ1) is 9.72. The summed E-state index contributed by atoms with van der Waals surface area (Å²) in [5.41, 5.74) is 2.96. The van der Waals surface area contributed by atoms with E-state index in [2.05, 4.69) is 24.1 Å². The van der Waals surface area contributed by atoms with Crippen molar-refractivity contribution in [2.45, 2.75) is 13.1 Å². The van der Waals surface area contributed by atoms with Crippen molar-refractivity contribution in [3.63, 3.8) is 0 Å². The number of carbonyl (C=O) groups excluding carboxylic acids is 1. The van der Waals surface area contributed by atoms with Gasteiger partial charge in [-0.3, -0.25) is 9.69 Å². The van der Waals surface area contributed by atoms with Crippen LogP contribution in [0.2, 0.25) is 0 Å². The van der Waals surface area contributed by atoms with E-state index in [1.54, 1.807) is 13.2 Å². The average Bonchev–Trinajstić information content (AvgIpc) is 2.48. The Kier molecular flexibility index (Phi) is 4.91. The summed E-state index contributed by atoms with van der Waals surface area (Å²) < 4.78 is 5.35. The van der Waals surface area contributed by atoms with Crippen LogP contribution in [0.3, 0.4) is 0 Å². The minimum atomic E-state index is 0.675. The van der Waals surface area contributed by atoms with Crippen LogP contribution in [0.5, 0.6) is 5.75 Å². The van der Waals surface area contributed by atoms with E-state index in [0.29, 0.717) is 5.56 Å². The molecule has 0 aliphatic rings. The Morgan fingerprint density at radius 2 is 1.85 bits per heavy atom. The number of benzene rings is 2. The topological polar surface area (TPSA) is 29.5 Å². The molecule has 0 bridgehead atoms. The van der Waals surface area contributed by atoms with Gasteiger partial charge in [0.05, 0.1) is 7.11 Å². The molecule has 2 aromatic rings. The minimum absolute atomic E-state index is 0.675. The van der Waals surface area contributed by atoms with Gasteiger partial charge in [-0.1, -0.05) is 30.3 Å². The molecule has 20 heavy (non-hydrogen) atoms. The van der Waals surface area contributed by atoms with E-state index >= 15 is 0 Å². The molecule has 0 aromatic heterocycles. The molecule has 0 N–H and O–H groups in total. The lowest BCUT2D eigenvalue weighted by Gasteiger charge is -2.18. The van der Waals surface area contributed by atoms with Gasteiger partial charge in [0.1, 0.15) is 12.0 Å². The Labute approximate surface area is 119 Å². The van der Waals surface area contributed by atoms with E-state index in [1.807, 2.05) is 30.3 Å². The zero-order valence-electron chi connectivity index (χ0n) is 11.9. The van der Waals surface area contributed by atoms with Crippen LogP contribution in [0.15, 0.2) is 48.5 Å². The van der Waals surface area contributed by atoms with E-state index in [9.17, 15) is 4.79 Å². The van der Waals surface area contributed by atoms with Crippen LogP contribution in [0.1, 0.15) is 21.5 Å². The molecular weight excluding hydrogens is 250 g/mol. The van der Waals surface area contributed by atoms with Crippen LogP contribution in [-0.2, 0) is 13.1 Å². The number of methoxy groups -OCH3 is 1. The fourth-order valence-electron chi connectivity index (χ4n) is 2.24. The van der Waals surface area contributed by atoms with Gasteiger partial charge in [-0.2, -0.15) is 0 Å². The molecule has 3 heteroatoms. The van der Waals surface area contributed by atoms with E-state index in [0.717, 1.165) is 30.7 Å². The van der Waals surface area contributed by atoms with E-state index in [1.165, 1.54) is 5.56 Å². The highest BCUT2D eigenvalue weighted by Gasteiger charge is 2.08. The van der Waals surface area contributed by atoms with Crippen molar-refractivity contribution in [1.29, 1.82) is 0 Å². The van der Waals surface area contributed by atoms with Crippen LogP contribution >= 0.6 is 0 Å². The number of rotatable bonds is 6. The summed E-state index contributed by atoms with van der Waals surface area (Å²) in [6.07, 6.45) is 0.861. The van der Waals surface area contributed by atoms with Crippen molar-refractivity contribution < 1.29 is 9.53 Å². The summed E-state index contributed by atoms with van der Waals surface area (Å²) in [4.78, 5) is 13.1. The second-order valence-electron chi connectivity index (χ2n) is 4.85. The quantitative estimate of drug-likeness (QED) is 0.755. The largest absolute Gasteiger partial charge is 0.496 e. The first-order valence-electron chi connectivity index (χ1n) is 6.57. The predicted molar refractivity (Wildman–Crippen MR) is 80.0 cm³/mol. The summed E-state index contributed by atoms with van der Waals surface area (Å²) in [6, 6.07) is 15.8. The fourth-order valence-corrected chi connectivity index (χ4v) is 2.24. The molecule has 0 heterocycles. The Balaban J connectivity index is 2.10. The summed E-state index contributed by atoms with van der Waals surface area (Å²) >= 11 is 0. The van der Waals surface area contributed by atoms with Crippen molar-refractivity contribution >= 4 is 6.29 Å². The third-order valence-electron chi connectivity index (χ3n) is 3.18. The molecule has 0 atom stereocenters. The maximum atomic E-state index is 10.9. The molecule has 0 amide bonds. The smallest absolute Gasteiger partial charge is 0.150 e. The number of ether oxygens (including phenoxy) is 1. The molecule has 0 saturated heterocycles. The van der Waals surface area contributed by atoms with Gasteiger partial charge in [-0.15, -0.1) is 0 Å². The highest BCUT2D eigenvalue weighted by Crippen LogP contribution is 2.21. The molecular formula is C17H19NO2. The first-order valence-corrected chi connectivity index (χ1v) is 6.57. The Morgan fingerprint density at radius 1 is 1.10 bits per heavy atom. The summed E-state index contributed by atoms with van der Waals surface area (Å²) in [5.74, 6) is 0.815. The zero-order valence-corrected chi connectivity index (χ0v) is 11.9. The molecule has 0 aliphatic carbocycles. The number of hydrogen-bond donors (Lipinski definition) is 0. The van der Waals surface area contributed by atoms with Gasteiger partial charge in [0.15, 0.2) is 0 Å². The van der Waals surface area contributed by atoms with Gasteiger partial charge in [0.2, 0.25) is 0 Å². The van der Waals surface area contributed by atoms with Gasteiger partial charge in [0.25, 0.3) is 0 Å². The van der Waals surface area contributed by atoms with Gasteiger partial charge >= 0.3 is 0 Å². The van der Waals surface area contributed by atoms with Gasteiger partial charge in [0, 0.05) is 24.2 Å². The lowest BCUT2D eigenvalue weighted by atomic mass is 10.1. The maximum absolute atomic E-state index is 10.9. The molecule has 0 unspecified atom stereocenters. The number of nitrogens with zero attached hydrogens (tertiary/aromatic N) is 1. The molecule has 0 spiro atoms. The standard InChI is InChI=1S/C17H19NO2/c1-18(11-14-6-4-3-5-7-14)12-16-10-15(13-19)8-9-17(16)20-2/h3-10,13H,11-12H2,1-2H3.